The predicted octanol–water partition coefficient (Wildman–Crippen LogP) is 5.59. The highest BCUT2D eigenvalue weighted by atomic mass is 16.4. The number of hydrogen-bond acceptors (Lipinski definition) is 5. The van der Waals surface area contributed by atoms with E-state index in [4.69, 9.17) is 4.42 Å². The molecule has 1 atom stereocenters. The number of likely N-dealkylation sites (tertiary alicyclic amines) is 1. The molecule has 2 heterocycles. The van der Waals surface area contributed by atoms with Gasteiger partial charge in [-0.15, -0.1) is 0 Å². The number of carboxylic acid groups (broad SMARTS) is 1. The van der Waals surface area contributed by atoms with Gasteiger partial charge in [0.05, 0.1) is 17.0 Å². The zero-order valence-electron chi connectivity index (χ0n) is 20.9. The Balaban J connectivity index is 1.49. The standard InChI is InChI=1S/C30H28N2O5/c1-17-12-24(18(2)31-26-7-5-4-6-23(26)30(35)36)29-25(13-17)27(34)14-28(37-29)21-10-8-20(9-11-21)22-15-32(16-22)19(3)33/h4-14,18,22,31H,15-16H2,1-3H3,(H,35,36). The third kappa shape index (κ3) is 4.72. The minimum Gasteiger partial charge on any atom is -0.478 e. The number of carboxylic acids is 1. The number of benzene rings is 3. The topological polar surface area (TPSA) is 99.9 Å². The summed E-state index contributed by atoms with van der Waals surface area (Å²) in [6, 6.07) is 19.6. The van der Waals surface area contributed by atoms with Crippen LogP contribution in [0.4, 0.5) is 5.69 Å². The van der Waals surface area contributed by atoms with Crippen LogP contribution in [-0.4, -0.2) is 35.0 Å². The summed E-state index contributed by atoms with van der Waals surface area (Å²) in [6.45, 7) is 6.85. The van der Waals surface area contributed by atoms with Crippen LogP contribution in [0.5, 0.6) is 0 Å². The third-order valence-electron chi connectivity index (χ3n) is 6.99. The number of anilines is 1. The average Bonchev–Trinajstić information content (AvgIpc) is 2.83. The summed E-state index contributed by atoms with van der Waals surface area (Å²) in [5.41, 5.74) is 4.61. The van der Waals surface area contributed by atoms with E-state index in [1.807, 2.05) is 55.1 Å². The van der Waals surface area contributed by atoms with Crippen molar-refractivity contribution in [3.05, 3.63) is 99.2 Å². The summed E-state index contributed by atoms with van der Waals surface area (Å²) in [4.78, 5) is 38.1. The zero-order valence-corrected chi connectivity index (χ0v) is 20.9. The minimum atomic E-state index is -1.02. The van der Waals surface area contributed by atoms with E-state index in [9.17, 15) is 19.5 Å². The van der Waals surface area contributed by atoms with Crippen molar-refractivity contribution in [3.8, 4) is 11.3 Å². The molecule has 5 rings (SSSR count). The molecule has 3 aromatic carbocycles. The van der Waals surface area contributed by atoms with Gasteiger partial charge in [-0.2, -0.15) is 0 Å². The molecule has 7 heteroatoms. The summed E-state index contributed by atoms with van der Waals surface area (Å²) in [5, 5.41) is 13.3. The summed E-state index contributed by atoms with van der Waals surface area (Å²) in [5.74, 6) is -0.146. The summed E-state index contributed by atoms with van der Waals surface area (Å²) >= 11 is 0. The van der Waals surface area contributed by atoms with Gasteiger partial charge in [0.15, 0.2) is 5.43 Å². The Hall–Kier alpha value is -4.39. The lowest BCUT2D eigenvalue weighted by Crippen LogP contribution is -2.47. The van der Waals surface area contributed by atoms with E-state index in [0.29, 0.717) is 28.3 Å². The second kappa shape index (κ2) is 9.58. The molecule has 7 nitrogen and oxygen atoms in total. The zero-order chi connectivity index (χ0) is 26.3. The molecule has 4 aromatic rings. The summed E-state index contributed by atoms with van der Waals surface area (Å²) < 4.78 is 6.33. The highest BCUT2D eigenvalue weighted by Crippen LogP contribution is 2.33. The van der Waals surface area contributed by atoms with Gasteiger partial charge in [-0.1, -0.05) is 42.5 Å². The molecule has 1 fully saturated rings. The Morgan fingerprint density at radius 3 is 2.43 bits per heavy atom. The maximum atomic E-state index is 13.1. The van der Waals surface area contributed by atoms with Crippen molar-refractivity contribution in [2.24, 2.45) is 0 Å². The van der Waals surface area contributed by atoms with Crippen molar-refractivity contribution >= 4 is 28.5 Å². The molecule has 1 amide bonds. The molecule has 1 aromatic heterocycles. The Kier molecular flexibility index (Phi) is 6.29. The Morgan fingerprint density at radius 1 is 1.05 bits per heavy atom. The van der Waals surface area contributed by atoms with E-state index in [2.05, 4.69) is 5.32 Å². The van der Waals surface area contributed by atoms with Crippen LogP contribution >= 0.6 is 0 Å². The van der Waals surface area contributed by atoms with Crippen LogP contribution < -0.4 is 10.7 Å². The van der Waals surface area contributed by atoms with Crippen LogP contribution in [0.15, 0.2) is 75.9 Å². The number of aryl methyl sites for hydroxylation is 1. The molecular formula is C30H28N2O5. The number of carbonyl (C=O) groups is 2. The van der Waals surface area contributed by atoms with Crippen molar-refractivity contribution < 1.29 is 19.1 Å². The fourth-order valence-corrected chi connectivity index (χ4v) is 4.87. The van der Waals surface area contributed by atoms with E-state index in [1.165, 1.54) is 6.07 Å². The largest absolute Gasteiger partial charge is 0.478 e. The molecule has 37 heavy (non-hydrogen) atoms. The number of hydrogen-bond donors (Lipinski definition) is 2. The van der Waals surface area contributed by atoms with E-state index in [0.717, 1.165) is 35.3 Å². The van der Waals surface area contributed by atoms with Crippen LogP contribution in [0.2, 0.25) is 0 Å². The number of rotatable bonds is 6. The first-order valence-corrected chi connectivity index (χ1v) is 12.2. The third-order valence-corrected chi connectivity index (χ3v) is 6.99. The molecule has 0 radical (unpaired) electrons. The fraction of sp³-hybridized carbons (Fsp3) is 0.233. The molecule has 1 unspecified atom stereocenters. The van der Waals surface area contributed by atoms with Crippen LogP contribution in [0, 0.1) is 6.92 Å². The van der Waals surface area contributed by atoms with Crippen molar-refractivity contribution in [3.63, 3.8) is 0 Å². The highest BCUT2D eigenvalue weighted by molar-refractivity contribution is 5.94. The van der Waals surface area contributed by atoms with Gasteiger partial charge < -0.3 is 19.7 Å². The highest BCUT2D eigenvalue weighted by Gasteiger charge is 2.29. The van der Waals surface area contributed by atoms with Gasteiger partial charge in [0.25, 0.3) is 0 Å². The molecule has 188 valence electrons. The normalized spacial score (nSPS) is 14.3. The van der Waals surface area contributed by atoms with E-state index < -0.39 is 5.97 Å². The summed E-state index contributed by atoms with van der Waals surface area (Å²) in [6.07, 6.45) is 0. The number of nitrogens with zero attached hydrogens (tertiary/aromatic N) is 1. The molecule has 1 aliphatic heterocycles. The van der Waals surface area contributed by atoms with E-state index >= 15 is 0 Å². The molecule has 0 saturated carbocycles. The lowest BCUT2D eigenvalue weighted by molar-refractivity contribution is -0.133. The van der Waals surface area contributed by atoms with Crippen LogP contribution in [0.3, 0.4) is 0 Å². The van der Waals surface area contributed by atoms with Crippen molar-refractivity contribution in [1.29, 1.82) is 0 Å². The molecule has 0 spiro atoms. The Morgan fingerprint density at radius 2 is 1.76 bits per heavy atom. The number of carbonyl (C=O) groups excluding carboxylic acids is 1. The van der Waals surface area contributed by atoms with Crippen molar-refractivity contribution in [1.82, 2.24) is 4.90 Å². The molecule has 0 aliphatic carbocycles. The quantitative estimate of drug-likeness (QED) is 0.361. The monoisotopic (exact) mass is 496 g/mol. The number of nitrogens with one attached hydrogen (secondary N) is 1. The van der Waals surface area contributed by atoms with Gasteiger partial charge in [-0.05, 0) is 43.2 Å². The molecular weight excluding hydrogens is 468 g/mol. The Labute approximate surface area is 214 Å². The van der Waals surface area contributed by atoms with Crippen LogP contribution in [-0.2, 0) is 4.79 Å². The van der Waals surface area contributed by atoms with Crippen LogP contribution in [0.25, 0.3) is 22.3 Å². The predicted molar refractivity (Wildman–Crippen MR) is 143 cm³/mol. The number of aromatic carboxylic acids is 1. The molecule has 1 aliphatic rings. The summed E-state index contributed by atoms with van der Waals surface area (Å²) in [7, 11) is 0. The maximum Gasteiger partial charge on any atom is 0.337 e. The van der Waals surface area contributed by atoms with Gasteiger partial charge in [0.2, 0.25) is 5.91 Å². The van der Waals surface area contributed by atoms with Crippen molar-refractivity contribution in [2.45, 2.75) is 32.7 Å². The SMILES string of the molecule is CC(=O)N1CC(c2ccc(-c3cc(=O)c4cc(C)cc(C(C)Nc5ccccc5C(=O)O)c4o3)cc2)C1. The van der Waals surface area contributed by atoms with Crippen molar-refractivity contribution in [2.75, 3.05) is 18.4 Å². The number of fused-ring (bicyclic) bond motifs is 1. The second-order valence-corrected chi connectivity index (χ2v) is 9.67. The van der Waals surface area contributed by atoms with E-state index in [1.54, 1.807) is 31.2 Å². The molecule has 2 N–H and O–H groups in total. The van der Waals surface area contributed by atoms with E-state index in [-0.39, 0.29) is 22.9 Å². The molecule has 0 bridgehead atoms. The minimum absolute atomic E-state index is 0.0898. The first-order chi connectivity index (χ1) is 17.7. The van der Waals surface area contributed by atoms with Gasteiger partial charge >= 0.3 is 5.97 Å². The maximum absolute atomic E-state index is 13.1. The lowest BCUT2D eigenvalue weighted by Gasteiger charge is -2.39. The number of amides is 1. The second-order valence-electron chi connectivity index (χ2n) is 9.67. The number of para-hydroxylation sites is 1. The van der Waals surface area contributed by atoms with Gasteiger partial charge in [-0.25, -0.2) is 4.79 Å². The first-order valence-electron chi connectivity index (χ1n) is 12.2. The lowest BCUT2D eigenvalue weighted by atomic mass is 9.90. The van der Waals surface area contributed by atoms with Gasteiger partial charge in [-0.3, -0.25) is 9.59 Å². The van der Waals surface area contributed by atoms with Gasteiger partial charge in [0, 0.05) is 48.8 Å². The van der Waals surface area contributed by atoms with Gasteiger partial charge in [0.1, 0.15) is 11.3 Å². The fourth-order valence-electron chi connectivity index (χ4n) is 4.87. The first kappa shape index (κ1) is 24.3. The average molecular weight is 497 g/mol. The smallest absolute Gasteiger partial charge is 0.337 e. The Bertz CT molecular complexity index is 1570. The molecule has 1 saturated heterocycles. The van der Waals surface area contributed by atoms with Crippen LogP contribution in [0.1, 0.15) is 52.9 Å².